The van der Waals surface area contributed by atoms with Gasteiger partial charge in [0, 0.05) is 12.2 Å². The van der Waals surface area contributed by atoms with Crippen molar-refractivity contribution in [3.8, 4) is 0 Å². The molecule has 156 valence electrons. The summed E-state index contributed by atoms with van der Waals surface area (Å²) in [6, 6.07) is 8.57. The lowest BCUT2D eigenvalue weighted by Crippen LogP contribution is -2.45. The smallest absolute Gasteiger partial charge is 0.406 e. The highest BCUT2D eigenvalue weighted by atomic mass is 32.2. The van der Waals surface area contributed by atoms with Crippen molar-refractivity contribution in [2.45, 2.75) is 30.8 Å². The number of carbonyl (C=O) groups excluding carboxylic acids is 2. The maximum absolute atomic E-state index is 12.6. The number of hydrogen-bond donors (Lipinski definition) is 1. The summed E-state index contributed by atoms with van der Waals surface area (Å²) in [6.07, 6.45) is 1.98. The van der Waals surface area contributed by atoms with E-state index in [1.165, 1.54) is 29.0 Å². The molecule has 3 heterocycles. The fraction of sp³-hybridized carbons (Fsp3) is 0.263. The minimum atomic E-state index is -4.08. The highest BCUT2D eigenvalue weighted by Gasteiger charge is 2.41. The number of rotatable bonds is 6. The molecule has 0 saturated heterocycles. The van der Waals surface area contributed by atoms with Crippen molar-refractivity contribution in [1.82, 2.24) is 19.2 Å². The molecule has 0 radical (unpaired) electrons. The van der Waals surface area contributed by atoms with Crippen LogP contribution in [0.3, 0.4) is 0 Å². The molecule has 0 spiro atoms. The molecule has 0 saturated carbocycles. The number of sulfonamides is 1. The van der Waals surface area contributed by atoms with Crippen LogP contribution in [0.4, 0.5) is 0 Å². The Balaban J connectivity index is 1.50. The van der Waals surface area contributed by atoms with Crippen LogP contribution in [0.15, 0.2) is 56.7 Å². The van der Waals surface area contributed by atoms with Crippen molar-refractivity contribution >= 4 is 33.1 Å². The van der Waals surface area contributed by atoms with E-state index in [1.54, 1.807) is 25.1 Å². The van der Waals surface area contributed by atoms with E-state index < -0.39 is 40.2 Å². The Bertz CT molecular complexity index is 1310. The molecular formula is C19H18N4O6S. The monoisotopic (exact) mass is 430 g/mol. The van der Waals surface area contributed by atoms with Crippen molar-refractivity contribution in [3.05, 3.63) is 58.7 Å². The van der Waals surface area contributed by atoms with Crippen LogP contribution in [0.2, 0.25) is 0 Å². The highest BCUT2D eigenvalue weighted by Crippen LogP contribution is 2.29. The third-order valence-electron chi connectivity index (χ3n) is 4.88. The SMILES string of the molecule is CC[C@@H](Cn1c(=O)oc2cccnc21)NC(=O)CN1C(=O)c2ccccc2S1(=O)=O. The first kappa shape index (κ1) is 19.8. The van der Waals surface area contributed by atoms with Crippen molar-refractivity contribution < 1.29 is 22.4 Å². The molecule has 11 heteroatoms. The largest absolute Gasteiger partial charge is 0.421 e. The summed E-state index contributed by atoms with van der Waals surface area (Å²) in [6.45, 7) is 1.25. The third-order valence-corrected chi connectivity index (χ3v) is 6.67. The third kappa shape index (κ3) is 3.26. The molecule has 0 bridgehead atoms. The molecule has 3 aromatic rings. The van der Waals surface area contributed by atoms with E-state index in [-0.39, 0.29) is 17.0 Å². The van der Waals surface area contributed by atoms with Gasteiger partial charge in [-0.05, 0) is 30.7 Å². The first-order chi connectivity index (χ1) is 14.3. The van der Waals surface area contributed by atoms with Gasteiger partial charge >= 0.3 is 5.76 Å². The minimum Gasteiger partial charge on any atom is -0.406 e. The lowest BCUT2D eigenvalue weighted by molar-refractivity contribution is -0.121. The summed E-state index contributed by atoms with van der Waals surface area (Å²) < 4.78 is 32.2. The van der Waals surface area contributed by atoms with Crippen LogP contribution in [-0.2, 0) is 21.4 Å². The number of nitrogens with zero attached hydrogens (tertiary/aromatic N) is 3. The van der Waals surface area contributed by atoms with Gasteiger partial charge in [0.15, 0.2) is 11.2 Å². The van der Waals surface area contributed by atoms with Gasteiger partial charge in [-0.25, -0.2) is 22.5 Å². The lowest BCUT2D eigenvalue weighted by Gasteiger charge is -2.20. The van der Waals surface area contributed by atoms with Crippen molar-refractivity contribution in [2.24, 2.45) is 0 Å². The summed E-state index contributed by atoms with van der Waals surface area (Å²) >= 11 is 0. The Morgan fingerprint density at radius 2 is 1.97 bits per heavy atom. The Hall–Kier alpha value is -3.47. The van der Waals surface area contributed by atoms with Crippen molar-refractivity contribution in [2.75, 3.05) is 6.54 Å². The van der Waals surface area contributed by atoms with Crippen LogP contribution in [-0.4, -0.2) is 46.7 Å². The summed E-state index contributed by atoms with van der Waals surface area (Å²) in [7, 11) is -4.08. The fourth-order valence-electron chi connectivity index (χ4n) is 3.35. The molecule has 2 aromatic heterocycles. The van der Waals surface area contributed by atoms with Crippen LogP contribution < -0.4 is 11.1 Å². The zero-order valence-electron chi connectivity index (χ0n) is 15.9. The van der Waals surface area contributed by atoms with E-state index >= 15 is 0 Å². The number of pyridine rings is 1. The number of oxazole rings is 1. The zero-order chi connectivity index (χ0) is 21.5. The number of carbonyl (C=O) groups is 2. The van der Waals surface area contributed by atoms with Crippen LogP contribution in [0.25, 0.3) is 11.2 Å². The molecule has 10 nitrogen and oxygen atoms in total. The van der Waals surface area contributed by atoms with Gasteiger partial charge in [0.2, 0.25) is 5.91 Å². The Kier molecular flexibility index (Phi) is 4.90. The van der Waals surface area contributed by atoms with Crippen LogP contribution in [0.1, 0.15) is 23.7 Å². The second-order valence-corrected chi connectivity index (χ2v) is 8.62. The van der Waals surface area contributed by atoms with Gasteiger partial charge in [0.1, 0.15) is 11.4 Å². The second kappa shape index (κ2) is 7.41. The van der Waals surface area contributed by atoms with Crippen LogP contribution >= 0.6 is 0 Å². The average Bonchev–Trinajstić information content (AvgIpc) is 3.14. The molecule has 1 aromatic carbocycles. The zero-order valence-corrected chi connectivity index (χ0v) is 16.8. The normalized spacial score (nSPS) is 15.9. The standard InChI is InChI=1S/C19H18N4O6S/c1-2-12(10-22-17-14(29-19(22)26)7-5-9-20-17)21-16(24)11-23-18(25)13-6-3-4-8-15(13)30(23,27)28/h3-9,12H,2,10-11H2,1H3,(H,21,24)/t12-/m0/s1. The molecule has 0 fully saturated rings. The summed E-state index contributed by atoms with van der Waals surface area (Å²) in [4.78, 5) is 41.1. The predicted octanol–water partition coefficient (Wildman–Crippen LogP) is 0.729. The van der Waals surface area contributed by atoms with Gasteiger partial charge in [0.05, 0.1) is 12.1 Å². The lowest BCUT2D eigenvalue weighted by atomic mass is 10.2. The topological polar surface area (TPSA) is 132 Å². The summed E-state index contributed by atoms with van der Waals surface area (Å²) in [5.41, 5.74) is 0.720. The van der Waals surface area contributed by atoms with E-state index in [4.69, 9.17) is 4.42 Å². The Labute approximate surface area is 171 Å². The molecule has 1 aliphatic heterocycles. The van der Waals surface area contributed by atoms with E-state index in [9.17, 15) is 22.8 Å². The molecule has 0 unspecified atom stereocenters. The van der Waals surface area contributed by atoms with Gasteiger partial charge in [-0.1, -0.05) is 19.1 Å². The number of aromatic nitrogens is 2. The molecule has 4 rings (SSSR count). The number of nitrogens with one attached hydrogen (secondary N) is 1. The summed E-state index contributed by atoms with van der Waals surface area (Å²) in [5, 5.41) is 2.68. The molecule has 2 amide bonds. The van der Waals surface area contributed by atoms with Gasteiger partial charge in [-0.3, -0.25) is 14.2 Å². The number of benzene rings is 1. The molecule has 0 aliphatic carbocycles. The van der Waals surface area contributed by atoms with E-state index in [2.05, 4.69) is 10.3 Å². The fourth-order valence-corrected chi connectivity index (χ4v) is 4.87. The molecule has 1 atom stereocenters. The van der Waals surface area contributed by atoms with Crippen LogP contribution in [0, 0.1) is 0 Å². The number of amides is 2. The molecule has 1 N–H and O–H groups in total. The number of fused-ring (bicyclic) bond motifs is 2. The summed E-state index contributed by atoms with van der Waals surface area (Å²) in [5.74, 6) is -2.00. The van der Waals surface area contributed by atoms with Crippen molar-refractivity contribution in [3.63, 3.8) is 0 Å². The predicted molar refractivity (Wildman–Crippen MR) is 105 cm³/mol. The molecule has 1 aliphatic rings. The minimum absolute atomic E-state index is 0.0415. The number of hydrogen-bond acceptors (Lipinski definition) is 7. The van der Waals surface area contributed by atoms with Crippen LogP contribution in [0.5, 0.6) is 0 Å². The quantitative estimate of drug-likeness (QED) is 0.610. The second-order valence-electron chi connectivity index (χ2n) is 6.79. The maximum atomic E-state index is 12.6. The first-order valence-corrected chi connectivity index (χ1v) is 10.7. The van der Waals surface area contributed by atoms with Crippen molar-refractivity contribution in [1.29, 1.82) is 0 Å². The Morgan fingerprint density at radius 1 is 1.20 bits per heavy atom. The van der Waals surface area contributed by atoms with E-state index in [1.807, 2.05) is 0 Å². The highest BCUT2D eigenvalue weighted by molar-refractivity contribution is 7.90. The molecular weight excluding hydrogens is 412 g/mol. The average molecular weight is 430 g/mol. The van der Waals surface area contributed by atoms with Gasteiger partial charge in [-0.2, -0.15) is 0 Å². The maximum Gasteiger partial charge on any atom is 0.421 e. The first-order valence-electron chi connectivity index (χ1n) is 9.22. The van der Waals surface area contributed by atoms with Gasteiger partial charge in [-0.15, -0.1) is 0 Å². The Morgan fingerprint density at radius 3 is 2.70 bits per heavy atom. The van der Waals surface area contributed by atoms with E-state index in [0.717, 1.165) is 0 Å². The van der Waals surface area contributed by atoms with E-state index in [0.29, 0.717) is 22.0 Å². The van der Waals surface area contributed by atoms with Gasteiger partial charge < -0.3 is 9.73 Å². The molecule has 30 heavy (non-hydrogen) atoms. The van der Waals surface area contributed by atoms with Gasteiger partial charge in [0.25, 0.3) is 15.9 Å².